The predicted molar refractivity (Wildman–Crippen MR) is 61.4 cm³/mol. The van der Waals surface area contributed by atoms with E-state index in [1.54, 1.807) is 0 Å². The number of rotatable bonds is 3. The molecule has 0 saturated carbocycles. The second kappa shape index (κ2) is 4.09. The van der Waals surface area contributed by atoms with Crippen molar-refractivity contribution in [3.8, 4) is 0 Å². The van der Waals surface area contributed by atoms with E-state index < -0.39 is 0 Å². The molecule has 0 aromatic carbocycles. The van der Waals surface area contributed by atoms with Crippen LogP contribution < -0.4 is 5.32 Å². The Morgan fingerprint density at radius 2 is 2.56 bits per heavy atom. The van der Waals surface area contributed by atoms with Crippen molar-refractivity contribution < 1.29 is 4.74 Å². The van der Waals surface area contributed by atoms with Crippen LogP contribution >= 0.6 is 0 Å². The second-order valence-electron chi connectivity index (χ2n) is 3.99. The number of aromatic amines is 1. The van der Waals surface area contributed by atoms with Crippen LogP contribution in [0.15, 0.2) is 18.5 Å². The van der Waals surface area contributed by atoms with Crippen molar-refractivity contribution in [2.75, 3.05) is 18.5 Å². The zero-order valence-corrected chi connectivity index (χ0v) is 8.94. The van der Waals surface area contributed by atoms with Crippen LogP contribution in [0.4, 0.5) is 5.95 Å². The summed E-state index contributed by atoms with van der Waals surface area (Å²) in [6.45, 7) is 1.66. The van der Waals surface area contributed by atoms with E-state index >= 15 is 0 Å². The number of nitrogens with zero attached hydrogens (tertiary/aromatic N) is 2. The summed E-state index contributed by atoms with van der Waals surface area (Å²) < 4.78 is 5.52. The Morgan fingerprint density at radius 1 is 1.56 bits per heavy atom. The Balaban J connectivity index is 1.68. The van der Waals surface area contributed by atoms with E-state index in [0.717, 1.165) is 37.0 Å². The van der Waals surface area contributed by atoms with Crippen LogP contribution in [0.25, 0.3) is 11.0 Å². The topological polar surface area (TPSA) is 62.8 Å². The number of ether oxygens (including phenoxy) is 1. The lowest BCUT2D eigenvalue weighted by atomic mass is 10.2. The first-order valence-electron chi connectivity index (χ1n) is 5.57. The lowest BCUT2D eigenvalue weighted by Gasteiger charge is -2.10. The van der Waals surface area contributed by atoms with Crippen molar-refractivity contribution in [2.24, 2.45) is 0 Å². The Morgan fingerprint density at radius 3 is 3.44 bits per heavy atom. The third-order valence-corrected chi connectivity index (χ3v) is 2.81. The number of H-pyrrole nitrogens is 1. The van der Waals surface area contributed by atoms with Gasteiger partial charge >= 0.3 is 0 Å². The van der Waals surface area contributed by atoms with Crippen molar-refractivity contribution >= 4 is 17.0 Å². The number of hydrogen-bond donors (Lipinski definition) is 2. The predicted octanol–water partition coefficient (Wildman–Crippen LogP) is 1.55. The molecular weight excluding hydrogens is 204 g/mol. The van der Waals surface area contributed by atoms with Gasteiger partial charge in [0.2, 0.25) is 5.95 Å². The normalized spacial score (nSPS) is 20.4. The maximum atomic E-state index is 5.52. The summed E-state index contributed by atoms with van der Waals surface area (Å²) in [4.78, 5) is 11.7. The van der Waals surface area contributed by atoms with Gasteiger partial charge in [-0.25, -0.2) is 4.98 Å². The van der Waals surface area contributed by atoms with Gasteiger partial charge in [0, 0.05) is 30.9 Å². The monoisotopic (exact) mass is 218 g/mol. The van der Waals surface area contributed by atoms with Gasteiger partial charge in [-0.15, -0.1) is 0 Å². The molecule has 1 aliphatic heterocycles. The fraction of sp³-hybridized carbons (Fsp3) is 0.455. The third kappa shape index (κ3) is 1.86. The Labute approximate surface area is 93.2 Å². The highest BCUT2D eigenvalue weighted by Gasteiger charge is 2.15. The number of anilines is 1. The smallest absolute Gasteiger partial charge is 0.224 e. The number of fused-ring (bicyclic) bond motifs is 1. The summed E-state index contributed by atoms with van der Waals surface area (Å²) in [5.74, 6) is 0.658. The molecule has 5 heteroatoms. The SMILES string of the molecule is c1cc2cnc(NC[C@@H]3CCCO3)nc2[nH]1. The third-order valence-electron chi connectivity index (χ3n) is 2.81. The van der Waals surface area contributed by atoms with Crippen molar-refractivity contribution in [3.63, 3.8) is 0 Å². The molecule has 2 aromatic heterocycles. The molecule has 1 fully saturated rings. The minimum Gasteiger partial charge on any atom is -0.376 e. The minimum absolute atomic E-state index is 0.308. The maximum Gasteiger partial charge on any atom is 0.224 e. The maximum absolute atomic E-state index is 5.52. The van der Waals surface area contributed by atoms with Crippen LogP contribution in [0, 0.1) is 0 Å². The van der Waals surface area contributed by atoms with E-state index in [2.05, 4.69) is 20.3 Å². The van der Waals surface area contributed by atoms with E-state index in [4.69, 9.17) is 4.74 Å². The van der Waals surface area contributed by atoms with Gasteiger partial charge in [0.25, 0.3) is 0 Å². The van der Waals surface area contributed by atoms with Gasteiger partial charge in [0.05, 0.1) is 6.10 Å². The fourth-order valence-corrected chi connectivity index (χ4v) is 1.93. The van der Waals surface area contributed by atoms with E-state index in [1.165, 1.54) is 0 Å². The van der Waals surface area contributed by atoms with Gasteiger partial charge in [-0.2, -0.15) is 4.98 Å². The summed E-state index contributed by atoms with van der Waals surface area (Å²) in [5, 5.41) is 4.23. The molecule has 1 atom stereocenters. The van der Waals surface area contributed by atoms with Crippen molar-refractivity contribution in [3.05, 3.63) is 18.5 Å². The highest BCUT2D eigenvalue weighted by molar-refractivity contribution is 5.75. The first-order chi connectivity index (χ1) is 7.92. The van der Waals surface area contributed by atoms with Crippen LogP contribution in [0.5, 0.6) is 0 Å². The molecule has 0 spiro atoms. The van der Waals surface area contributed by atoms with Crippen LogP contribution in [-0.2, 0) is 4.74 Å². The number of aromatic nitrogens is 3. The minimum atomic E-state index is 0.308. The van der Waals surface area contributed by atoms with Crippen LogP contribution in [0.2, 0.25) is 0 Å². The summed E-state index contributed by atoms with van der Waals surface area (Å²) in [6.07, 6.45) is 6.27. The van der Waals surface area contributed by atoms with Crippen molar-refractivity contribution in [1.29, 1.82) is 0 Å². The lowest BCUT2D eigenvalue weighted by molar-refractivity contribution is 0.120. The molecule has 3 rings (SSSR count). The molecule has 3 heterocycles. The zero-order valence-electron chi connectivity index (χ0n) is 8.94. The molecule has 0 amide bonds. The summed E-state index contributed by atoms with van der Waals surface area (Å²) in [5.41, 5.74) is 0.866. The number of nitrogens with one attached hydrogen (secondary N) is 2. The van der Waals surface area contributed by atoms with Gasteiger partial charge < -0.3 is 15.0 Å². The van der Waals surface area contributed by atoms with Gasteiger partial charge in [-0.05, 0) is 18.9 Å². The van der Waals surface area contributed by atoms with Crippen LogP contribution in [-0.4, -0.2) is 34.2 Å². The molecule has 0 radical (unpaired) electrons. The molecule has 0 bridgehead atoms. The fourth-order valence-electron chi connectivity index (χ4n) is 1.93. The van der Waals surface area contributed by atoms with E-state index in [-0.39, 0.29) is 0 Å². The van der Waals surface area contributed by atoms with Crippen molar-refractivity contribution in [2.45, 2.75) is 18.9 Å². The Bertz CT molecular complexity index is 476. The van der Waals surface area contributed by atoms with E-state index in [1.807, 2.05) is 18.5 Å². The average Bonchev–Trinajstić information content (AvgIpc) is 2.97. The molecule has 0 unspecified atom stereocenters. The van der Waals surface area contributed by atoms with E-state index in [9.17, 15) is 0 Å². The average molecular weight is 218 g/mol. The second-order valence-corrected chi connectivity index (χ2v) is 3.99. The first kappa shape index (κ1) is 9.59. The molecule has 1 saturated heterocycles. The molecule has 2 N–H and O–H groups in total. The first-order valence-corrected chi connectivity index (χ1v) is 5.57. The van der Waals surface area contributed by atoms with Gasteiger partial charge in [-0.1, -0.05) is 0 Å². The molecular formula is C11H14N4O. The molecule has 16 heavy (non-hydrogen) atoms. The largest absolute Gasteiger partial charge is 0.376 e. The highest BCUT2D eigenvalue weighted by atomic mass is 16.5. The molecule has 84 valence electrons. The number of hydrogen-bond acceptors (Lipinski definition) is 4. The summed E-state index contributed by atoms with van der Waals surface area (Å²) >= 11 is 0. The summed E-state index contributed by atoms with van der Waals surface area (Å²) in [7, 11) is 0. The molecule has 0 aliphatic carbocycles. The Hall–Kier alpha value is -1.62. The van der Waals surface area contributed by atoms with E-state index in [0.29, 0.717) is 12.1 Å². The summed E-state index contributed by atoms with van der Waals surface area (Å²) in [6, 6.07) is 1.96. The van der Waals surface area contributed by atoms with Crippen LogP contribution in [0.1, 0.15) is 12.8 Å². The standard InChI is InChI=1S/C11H14N4O/c1-2-9(16-5-1)7-14-11-13-6-8-3-4-12-10(8)15-11/h3-4,6,9H,1-2,5,7H2,(H2,12,13,14,15)/t9-/m0/s1. The van der Waals surface area contributed by atoms with Gasteiger partial charge in [0.15, 0.2) is 0 Å². The van der Waals surface area contributed by atoms with Crippen LogP contribution in [0.3, 0.4) is 0 Å². The van der Waals surface area contributed by atoms with Gasteiger partial charge in [-0.3, -0.25) is 0 Å². The highest BCUT2D eigenvalue weighted by Crippen LogP contribution is 2.13. The Kier molecular flexibility index (Phi) is 2.46. The quantitative estimate of drug-likeness (QED) is 0.820. The van der Waals surface area contributed by atoms with Crippen molar-refractivity contribution in [1.82, 2.24) is 15.0 Å². The molecule has 2 aromatic rings. The van der Waals surface area contributed by atoms with Gasteiger partial charge in [0.1, 0.15) is 5.65 Å². The zero-order chi connectivity index (χ0) is 10.8. The lowest BCUT2D eigenvalue weighted by Crippen LogP contribution is -2.19. The molecule has 1 aliphatic rings. The molecule has 5 nitrogen and oxygen atoms in total.